The number of thiazole rings is 1. The molecule has 1 saturated heterocycles. The van der Waals surface area contributed by atoms with Crippen LogP contribution in [0.5, 0.6) is 0 Å². The highest BCUT2D eigenvalue weighted by molar-refractivity contribution is 7.11. The van der Waals surface area contributed by atoms with Gasteiger partial charge in [-0.15, -0.1) is 11.3 Å². The highest BCUT2D eigenvalue weighted by atomic mass is 35.5. The van der Waals surface area contributed by atoms with Gasteiger partial charge in [-0.3, -0.25) is 9.69 Å². The van der Waals surface area contributed by atoms with Crippen LogP contribution in [-0.2, 0) is 11.2 Å². The zero-order valence-electron chi connectivity index (χ0n) is 24.2. The molecule has 1 saturated carbocycles. The highest BCUT2D eigenvalue weighted by Crippen LogP contribution is 2.44. The van der Waals surface area contributed by atoms with Gasteiger partial charge in [0.25, 0.3) is 0 Å². The van der Waals surface area contributed by atoms with Crippen LogP contribution in [0.25, 0.3) is 0 Å². The molecule has 4 atom stereocenters. The number of piperidine rings is 1. The summed E-state index contributed by atoms with van der Waals surface area (Å²) in [4.78, 5) is 22.8. The van der Waals surface area contributed by atoms with Crippen LogP contribution < -0.4 is 0 Å². The van der Waals surface area contributed by atoms with E-state index in [9.17, 15) is 14.3 Å². The van der Waals surface area contributed by atoms with E-state index in [1.807, 2.05) is 56.5 Å². The molecule has 0 spiro atoms. The first-order chi connectivity index (χ1) is 19.7. The number of aliphatic carboxylic acids is 1. The van der Waals surface area contributed by atoms with E-state index in [2.05, 4.69) is 22.1 Å². The molecule has 0 amide bonds. The first-order valence-corrected chi connectivity index (χ1v) is 16.0. The van der Waals surface area contributed by atoms with Crippen molar-refractivity contribution < 1.29 is 14.3 Å². The van der Waals surface area contributed by atoms with Crippen molar-refractivity contribution in [1.82, 2.24) is 14.8 Å². The van der Waals surface area contributed by atoms with Crippen LogP contribution in [0.15, 0.2) is 54.7 Å². The number of carboxylic acids is 1. The molecule has 2 heterocycles. The molecule has 0 bridgehead atoms. The van der Waals surface area contributed by atoms with Crippen molar-refractivity contribution in [1.29, 1.82) is 0 Å². The number of hydrogen-bond donors (Lipinski definition) is 1. The minimum absolute atomic E-state index is 0.0148. The zero-order valence-corrected chi connectivity index (χ0v) is 25.8. The second-order valence-electron chi connectivity index (χ2n) is 12.3. The van der Waals surface area contributed by atoms with Crippen molar-refractivity contribution in [2.45, 2.75) is 69.9 Å². The van der Waals surface area contributed by atoms with Gasteiger partial charge >= 0.3 is 5.97 Å². The van der Waals surface area contributed by atoms with Gasteiger partial charge in [-0.2, -0.15) is 0 Å². The van der Waals surface area contributed by atoms with Crippen molar-refractivity contribution in [2.75, 3.05) is 26.7 Å². The lowest BCUT2D eigenvalue weighted by Crippen LogP contribution is -2.47. The van der Waals surface area contributed by atoms with Crippen molar-refractivity contribution in [3.63, 3.8) is 0 Å². The Balaban J connectivity index is 1.22. The summed E-state index contributed by atoms with van der Waals surface area (Å²) < 4.78 is 14.2. The number of aromatic nitrogens is 1. The highest BCUT2D eigenvalue weighted by Gasteiger charge is 2.41. The topological polar surface area (TPSA) is 56.7 Å². The first-order valence-electron chi connectivity index (χ1n) is 14.8. The summed E-state index contributed by atoms with van der Waals surface area (Å²) in [5.41, 5.74) is 2.22. The van der Waals surface area contributed by atoms with Gasteiger partial charge in [0.2, 0.25) is 0 Å². The third kappa shape index (κ3) is 7.37. The lowest BCUT2D eigenvalue weighted by molar-refractivity contribution is -0.145. The number of carboxylic acid groups (broad SMARTS) is 1. The number of halogens is 2. The van der Waals surface area contributed by atoms with E-state index in [0.29, 0.717) is 11.8 Å². The normalized spacial score (nSPS) is 23.0. The Labute approximate surface area is 252 Å². The summed E-state index contributed by atoms with van der Waals surface area (Å²) in [5.74, 6) is 0.141. The molecule has 1 aliphatic heterocycles. The molecule has 220 valence electrons. The van der Waals surface area contributed by atoms with E-state index in [-0.39, 0.29) is 23.7 Å². The Kier molecular flexibility index (Phi) is 9.80. The summed E-state index contributed by atoms with van der Waals surface area (Å²) in [6.45, 7) is 6.96. The average Bonchev–Trinajstić information content (AvgIpc) is 3.56. The molecule has 2 aliphatic rings. The predicted octanol–water partition coefficient (Wildman–Crippen LogP) is 7.31. The third-order valence-electron chi connectivity index (χ3n) is 9.14. The number of nitrogens with zero attached hydrogens (tertiary/aromatic N) is 3. The van der Waals surface area contributed by atoms with Crippen LogP contribution in [0.4, 0.5) is 4.39 Å². The van der Waals surface area contributed by atoms with Crippen LogP contribution >= 0.6 is 22.9 Å². The molecule has 2 fully saturated rings. The van der Waals surface area contributed by atoms with Crippen molar-refractivity contribution in [3.05, 3.63) is 86.6 Å². The molecule has 8 heteroatoms. The van der Waals surface area contributed by atoms with Gasteiger partial charge in [0.1, 0.15) is 11.9 Å². The Bertz CT molecular complexity index is 1330. The summed E-state index contributed by atoms with van der Waals surface area (Å²) in [5, 5.41) is 11.8. The molecule has 3 aromatic rings. The SMILES string of the molecule is CC(C)[C@H](C(=O)O)N(C)C1CC(CN2CCC(c3cnc(Cc4cccc(Cl)c4)s3)CC2)C(c2cccc(F)c2)C1. The van der Waals surface area contributed by atoms with Gasteiger partial charge in [-0.25, -0.2) is 9.37 Å². The molecular formula is C33H41ClFN3O2S. The van der Waals surface area contributed by atoms with Gasteiger partial charge < -0.3 is 10.0 Å². The van der Waals surface area contributed by atoms with Crippen LogP contribution in [0.3, 0.4) is 0 Å². The van der Waals surface area contributed by atoms with Gasteiger partial charge in [0, 0.05) is 35.1 Å². The molecule has 1 N–H and O–H groups in total. The molecule has 1 aliphatic carbocycles. The summed E-state index contributed by atoms with van der Waals surface area (Å²) >= 11 is 7.98. The molecule has 5 nitrogen and oxygen atoms in total. The summed E-state index contributed by atoms with van der Waals surface area (Å²) in [6.07, 6.45) is 6.86. The van der Waals surface area contributed by atoms with Crippen LogP contribution in [0, 0.1) is 17.7 Å². The number of likely N-dealkylation sites (N-methyl/N-ethyl adjacent to an activating group) is 1. The minimum atomic E-state index is -0.769. The predicted molar refractivity (Wildman–Crippen MR) is 164 cm³/mol. The number of hydrogen-bond acceptors (Lipinski definition) is 5. The van der Waals surface area contributed by atoms with E-state index in [0.717, 1.165) is 67.3 Å². The van der Waals surface area contributed by atoms with E-state index < -0.39 is 12.0 Å². The lowest BCUT2D eigenvalue weighted by atomic mass is 9.87. The van der Waals surface area contributed by atoms with E-state index in [4.69, 9.17) is 16.6 Å². The second-order valence-corrected chi connectivity index (χ2v) is 13.9. The molecular weight excluding hydrogens is 557 g/mol. The Morgan fingerprint density at radius 2 is 1.93 bits per heavy atom. The maximum Gasteiger partial charge on any atom is 0.321 e. The monoisotopic (exact) mass is 597 g/mol. The van der Waals surface area contributed by atoms with E-state index in [1.165, 1.54) is 16.5 Å². The van der Waals surface area contributed by atoms with Crippen molar-refractivity contribution in [2.24, 2.45) is 11.8 Å². The first kappa shape index (κ1) is 30.1. The van der Waals surface area contributed by atoms with E-state index in [1.54, 1.807) is 12.1 Å². The van der Waals surface area contributed by atoms with Crippen LogP contribution in [-0.4, -0.2) is 64.6 Å². The van der Waals surface area contributed by atoms with Crippen molar-refractivity contribution in [3.8, 4) is 0 Å². The fraction of sp³-hybridized carbons (Fsp3) is 0.515. The zero-order chi connectivity index (χ0) is 29.1. The quantitative estimate of drug-likeness (QED) is 0.266. The standard InChI is InChI=1S/C33H41ClFN3O2S/c1-21(2)32(33(39)40)37(3)28-17-25(29(18-28)24-7-5-9-27(35)16-24)20-38-12-10-23(11-13-38)30-19-36-31(41-30)15-22-6-4-8-26(34)14-22/h4-9,14,16,19,21,23,25,28-29,32H,10-13,15,17-18,20H2,1-3H3,(H,39,40)/t25?,28?,29?,32-/m1/s1. The Hall–Kier alpha value is -2.32. The van der Waals surface area contributed by atoms with Gasteiger partial charge in [0.05, 0.1) is 5.01 Å². The Morgan fingerprint density at radius 1 is 1.17 bits per heavy atom. The molecule has 1 aromatic heterocycles. The van der Waals surface area contributed by atoms with Crippen LogP contribution in [0.2, 0.25) is 5.02 Å². The minimum Gasteiger partial charge on any atom is -0.480 e. The maximum atomic E-state index is 14.2. The summed E-state index contributed by atoms with van der Waals surface area (Å²) in [7, 11) is 1.95. The average molecular weight is 598 g/mol. The molecule has 0 radical (unpaired) electrons. The largest absolute Gasteiger partial charge is 0.480 e. The van der Waals surface area contributed by atoms with E-state index >= 15 is 0 Å². The number of benzene rings is 2. The summed E-state index contributed by atoms with van der Waals surface area (Å²) in [6, 6.07) is 14.6. The van der Waals surface area contributed by atoms with Gasteiger partial charge in [0.15, 0.2) is 0 Å². The number of likely N-dealkylation sites (tertiary alicyclic amines) is 1. The number of rotatable bonds is 10. The fourth-order valence-electron chi connectivity index (χ4n) is 7.08. The van der Waals surface area contributed by atoms with Gasteiger partial charge in [-0.05, 0) is 105 Å². The molecule has 41 heavy (non-hydrogen) atoms. The lowest BCUT2D eigenvalue weighted by Gasteiger charge is -2.35. The third-order valence-corrected chi connectivity index (χ3v) is 10.5. The number of carbonyl (C=O) groups is 1. The van der Waals surface area contributed by atoms with Crippen LogP contribution in [0.1, 0.15) is 72.4 Å². The molecule has 2 aromatic carbocycles. The fourth-order valence-corrected chi connectivity index (χ4v) is 8.42. The molecule has 3 unspecified atom stereocenters. The van der Waals surface area contributed by atoms with Crippen molar-refractivity contribution >= 4 is 28.9 Å². The smallest absolute Gasteiger partial charge is 0.321 e. The molecule has 5 rings (SSSR count). The van der Waals surface area contributed by atoms with Gasteiger partial charge in [-0.1, -0.05) is 49.7 Å². The second kappa shape index (κ2) is 13.3. The maximum absolute atomic E-state index is 14.2. The Morgan fingerprint density at radius 3 is 2.61 bits per heavy atom.